The highest BCUT2D eigenvalue weighted by atomic mass is 32.2. The summed E-state index contributed by atoms with van der Waals surface area (Å²) >= 11 is 1.97. The van der Waals surface area contributed by atoms with Gasteiger partial charge in [-0.25, -0.2) is 0 Å². The van der Waals surface area contributed by atoms with Gasteiger partial charge in [0.05, 0.1) is 17.9 Å². The number of carbonyl (C=O) groups is 2. The third-order valence-electron chi connectivity index (χ3n) is 4.37. The number of nitrogens with one attached hydrogen (secondary N) is 2. The lowest BCUT2D eigenvalue weighted by atomic mass is 10.1. The summed E-state index contributed by atoms with van der Waals surface area (Å²) in [5, 5.41) is 6.57. The zero-order valence-corrected chi connectivity index (χ0v) is 14.2. The Hall–Kier alpha value is -1.69. The number of fused-ring (bicyclic) bond motifs is 1. The first-order chi connectivity index (χ1) is 11.1. The molecule has 0 radical (unpaired) electrons. The molecule has 1 aromatic carbocycles. The maximum absolute atomic E-state index is 12.2. The smallest absolute Gasteiger partial charge is 0.251 e. The third kappa shape index (κ3) is 3.99. The molecule has 0 saturated heterocycles. The van der Waals surface area contributed by atoms with Crippen LogP contribution in [0.25, 0.3) is 0 Å². The van der Waals surface area contributed by atoms with E-state index in [0.29, 0.717) is 24.3 Å². The minimum Gasteiger partial charge on any atom is -0.364 e. The van der Waals surface area contributed by atoms with Gasteiger partial charge in [-0.1, -0.05) is 12.8 Å². The molecule has 0 atom stereocenters. The summed E-state index contributed by atoms with van der Waals surface area (Å²) < 4.78 is 0. The maximum Gasteiger partial charge on any atom is 0.251 e. The van der Waals surface area contributed by atoms with Gasteiger partial charge in [0.15, 0.2) is 0 Å². The predicted molar refractivity (Wildman–Crippen MR) is 95.4 cm³/mol. The number of benzene rings is 1. The predicted octanol–water partition coefficient (Wildman–Crippen LogP) is 2.48. The second kappa shape index (κ2) is 7.25. The van der Waals surface area contributed by atoms with E-state index in [4.69, 9.17) is 0 Å². The molecule has 1 heterocycles. The fourth-order valence-electron chi connectivity index (χ4n) is 3.15. The van der Waals surface area contributed by atoms with Crippen LogP contribution >= 0.6 is 11.8 Å². The molecule has 0 spiro atoms. The normalized spacial score (nSPS) is 17.8. The molecular weight excluding hydrogens is 310 g/mol. The minimum absolute atomic E-state index is 0.0504. The summed E-state index contributed by atoms with van der Waals surface area (Å²) in [5.41, 5.74) is 2.24. The van der Waals surface area contributed by atoms with Crippen LogP contribution in [-0.4, -0.2) is 43.0 Å². The highest BCUT2D eigenvalue weighted by Gasteiger charge is 2.20. The van der Waals surface area contributed by atoms with E-state index in [2.05, 4.69) is 10.6 Å². The minimum atomic E-state index is -0.0812. The molecule has 2 amide bonds. The first-order valence-electron chi connectivity index (χ1n) is 8.18. The van der Waals surface area contributed by atoms with Gasteiger partial charge < -0.3 is 15.5 Å². The summed E-state index contributed by atoms with van der Waals surface area (Å²) in [6, 6.07) is 5.45. The Kier molecular flexibility index (Phi) is 5.10. The molecule has 2 aliphatic rings. The van der Waals surface area contributed by atoms with E-state index in [9.17, 15) is 9.59 Å². The van der Waals surface area contributed by atoms with Gasteiger partial charge in [0.1, 0.15) is 0 Å². The molecular formula is C17H23N3O2S. The highest BCUT2D eigenvalue weighted by molar-refractivity contribution is 7.99. The summed E-state index contributed by atoms with van der Waals surface area (Å²) in [4.78, 5) is 25.7. The Labute approximate surface area is 141 Å². The largest absolute Gasteiger partial charge is 0.364 e. The van der Waals surface area contributed by atoms with Crippen molar-refractivity contribution in [2.75, 3.05) is 36.1 Å². The van der Waals surface area contributed by atoms with Crippen LogP contribution in [0.2, 0.25) is 0 Å². The highest BCUT2D eigenvalue weighted by Crippen LogP contribution is 2.30. The number of carbonyl (C=O) groups excluding carboxylic acids is 2. The molecule has 0 unspecified atom stereocenters. The van der Waals surface area contributed by atoms with Crippen molar-refractivity contribution in [1.29, 1.82) is 0 Å². The Bertz CT molecular complexity index is 600. The van der Waals surface area contributed by atoms with Crippen LogP contribution in [0.1, 0.15) is 36.0 Å². The quantitative estimate of drug-likeness (QED) is 0.813. The molecule has 0 bridgehead atoms. The third-order valence-corrected chi connectivity index (χ3v) is 5.75. The molecule has 1 saturated carbocycles. The van der Waals surface area contributed by atoms with E-state index < -0.39 is 0 Å². The SMILES string of the molecule is CN1CC(=O)Nc2cc(C(=O)NCCSC3CCCC3)ccc21. The summed E-state index contributed by atoms with van der Waals surface area (Å²) in [7, 11) is 1.87. The van der Waals surface area contributed by atoms with Crippen molar-refractivity contribution in [2.24, 2.45) is 0 Å². The number of hydrogen-bond acceptors (Lipinski definition) is 4. The number of rotatable bonds is 5. The van der Waals surface area contributed by atoms with E-state index in [1.165, 1.54) is 25.7 Å². The van der Waals surface area contributed by atoms with E-state index >= 15 is 0 Å². The zero-order valence-electron chi connectivity index (χ0n) is 13.4. The number of hydrogen-bond donors (Lipinski definition) is 2. The van der Waals surface area contributed by atoms with Gasteiger partial charge in [0, 0.05) is 30.2 Å². The number of thioether (sulfide) groups is 1. The topological polar surface area (TPSA) is 61.4 Å². The van der Waals surface area contributed by atoms with Crippen molar-refractivity contribution in [3.63, 3.8) is 0 Å². The average Bonchev–Trinajstić information content (AvgIpc) is 3.04. The van der Waals surface area contributed by atoms with Crippen molar-refractivity contribution in [1.82, 2.24) is 5.32 Å². The van der Waals surface area contributed by atoms with Crippen molar-refractivity contribution in [3.05, 3.63) is 23.8 Å². The van der Waals surface area contributed by atoms with Crippen LogP contribution in [0.3, 0.4) is 0 Å². The average molecular weight is 333 g/mol. The summed E-state index contributed by atoms with van der Waals surface area (Å²) in [5.74, 6) is 0.827. The van der Waals surface area contributed by atoms with Crippen molar-refractivity contribution < 1.29 is 9.59 Å². The van der Waals surface area contributed by atoms with Gasteiger partial charge in [-0.2, -0.15) is 11.8 Å². The molecule has 0 aromatic heterocycles. The fourth-order valence-corrected chi connectivity index (χ4v) is 4.37. The van der Waals surface area contributed by atoms with Crippen LogP contribution in [0.4, 0.5) is 11.4 Å². The fraction of sp³-hybridized carbons (Fsp3) is 0.529. The van der Waals surface area contributed by atoms with Crippen molar-refractivity contribution in [2.45, 2.75) is 30.9 Å². The van der Waals surface area contributed by atoms with E-state index in [1.807, 2.05) is 35.8 Å². The van der Waals surface area contributed by atoms with Crippen molar-refractivity contribution in [3.8, 4) is 0 Å². The first-order valence-corrected chi connectivity index (χ1v) is 9.23. The number of amides is 2. The van der Waals surface area contributed by atoms with Gasteiger partial charge in [0.25, 0.3) is 5.91 Å². The molecule has 1 aromatic rings. The zero-order chi connectivity index (χ0) is 16.2. The maximum atomic E-state index is 12.2. The monoisotopic (exact) mass is 333 g/mol. The van der Waals surface area contributed by atoms with Gasteiger partial charge in [0.2, 0.25) is 5.91 Å². The van der Waals surface area contributed by atoms with E-state index in [0.717, 1.165) is 16.7 Å². The molecule has 6 heteroatoms. The Morgan fingerprint density at radius 1 is 1.39 bits per heavy atom. The standard InChI is InChI=1S/C17H23N3O2S/c1-20-11-16(21)19-14-10-12(6-7-15(14)20)17(22)18-8-9-23-13-4-2-3-5-13/h6-7,10,13H,2-5,8-9,11H2,1H3,(H,18,22)(H,19,21). The van der Waals surface area contributed by atoms with E-state index in [1.54, 1.807) is 6.07 Å². The lowest BCUT2D eigenvalue weighted by molar-refractivity contribution is -0.115. The Balaban J connectivity index is 1.53. The number of likely N-dealkylation sites (N-methyl/N-ethyl adjacent to an activating group) is 1. The second-order valence-corrected chi connectivity index (χ2v) is 7.58. The molecule has 2 N–H and O–H groups in total. The second-order valence-electron chi connectivity index (χ2n) is 6.17. The van der Waals surface area contributed by atoms with Crippen LogP contribution in [0.15, 0.2) is 18.2 Å². The molecule has 1 fully saturated rings. The Morgan fingerprint density at radius 3 is 2.96 bits per heavy atom. The lowest BCUT2D eigenvalue weighted by Gasteiger charge is -2.27. The Morgan fingerprint density at radius 2 is 2.17 bits per heavy atom. The molecule has 124 valence electrons. The van der Waals surface area contributed by atoms with Gasteiger partial charge >= 0.3 is 0 Å². The number of nitrogens with zero attached hydrogens (tertiary/aromatic N) is 1. The molecule has 3 rings (SSSR count). The molecule has 5 nitrogen and oxygen atoms in total. The summed E-state index contributed by atoms with van der Waals surface area (Å²) in [6.45, 7) is 1.03. The molecule has 1 aliphatic heterocycles. The van der Waals surface area contributed by atoms with Gasteiger partial charge in [-0.3, -0.25) is 9.59 Å². The molecule has 1 aliphatic carbocycles. The van der Waals surface area contributed by atoms with Gasteiger partial charge in [-0.15, -0.1) is 0 Å². The lowest BCUT2D eigenvalue weighted by Crippen LogP contribution is -2.35. The van der Waals surface area contributed by atoms with Crippen LogP contribution in [0, 0.1) is 0 Å². The number of anilines is 2. The van der Waals surface area contributed by atoms with Crippen molar-refractivity contribution >= 4 is 35.0 Å². The summed E-state index contributed by atoms with van der Waals surface area (Å²) in [6.07, 6.45) is 5.33. The van der Waals surface area contributed by atoms with Crippen LogP contribution in [-0.2, 0) is 4.79 Å². The van der Waals surface area contributed by atoms with Crippen LogP contribution in [0.5, 0.6) is 0 Å². The van der Waals surface area contributed by atoms with E-state index in [-0.39, 0.29) is 11.8 Å². The van der Waals surface area contributed by atoms with Crippen LogP contribution < -0.4 is 15.5 Å². The van der Waals surface area contributed by atoms with Gasteiger partial charge in [-0.05, 0) is 31.0 Å². The first kappa shape index (κ1) is 16.2. The molecule has 23 heavy (non-hydrogen) atoms.